The Kier molecular flexibility index (Phi) is 4.63. The lowest BCUT2D eigenvalue weighted by atomic mass is 10.0. The van der Waals surface area contributed by atoms with E-state index in [0.29, 0.717) is 0 Å². The number of nitrogens with one attached hydrogen (secondary N) is 1. The van der Waals surface area contributed by atoms with Crippen LogP contribution in [0.5, 0.6) is 0 Å². The molecule has 1 saturated heterocycles. The minimum absolute atomic E-state index is 0.0132. The summed E-state index contributed by atoms with van der Waals surface area (Å²) < 4.78 is 5.81. The van der Waals surface area contributed by atoms with E-state index in [9.17, 15) is 0 Å². The molecular weight excluding hydrogens is 260 g/mol. The Morgan fingerprint density at radius 3 is 2.71 bits per heavy atom. The van der Waals surface area contributed by atoms with Crippen LogP contribution in [0.25, 0.3) is 0 Å². The lowest BCUT2D eigenvalue weighted by molar-refractivity contribution is -0.0883. The molecule has 2 aliphatic rings. The van der Waals surface area contributed by atoms with Gasteiger partial charge in [0.25, 0.3) is 0 Å². The van der Waals surface area contributed by atoms with Gasteiger partial charge in [-0.15, -0.1) is 0 Å². The van der Waals surface area contributed by atoms with Gasteiger partial charge in [0, 0.05) is 25.7 Å². The molecule has 3 heteroatoms. The van der Waals surface area contributed by atoms with Gasteiger partial charge in [-0.3, -0.25) is 4.90 Å². The van der Waals surface area contributed by atoms with Gasteiger partial charge in [-0.25, -0.2) is 0 Å². The topological polar surface area (TPSA) is 24.5 Å². The summed E-state index contributed by atoms with van der Waals surface area (Å²) in [6.45, 7) is 9.43. The first kappa shape index (κ1) is 15.0. The first-order valence-electron chi connectivity index (χ1n) is 8.29. The second-order valence-corrected chi connectivity index (χ2v) is 7.07. The second kappa shape index (κ2) is 6.47. The van der Waals surface area contributed by atoms with Gasteiger partial charge < -0.3 is 10.1 Å². The molecule has 0 radical (unpaired) electrons. The molecule has 21 heavy (non-hydrogen) atoms. The van der Waals surface area contributed by atoms with Crippen LogP contribution >= 0.6 is 0 Å². The zero-order valence-electron chi connectivity index (χ0n) is 13.4. The van der Waals surface area contributed by atoms with E-state index in [1.54, 1.807) is 0 Å². The Bertz CT molecular complexity index is 468. The number of rotatable bonds is 6. The Balaban J connectivity index is 1.58. The maximum absolute atomic E-state index is 5.81. The quantitative estimate of drug-likeness (QED) is 0.871. The zero-order chi connectivity index (χ0) is 14.7. The van der Waals surface area contributed by atoms with E-state index < -0.39 is 0 Å². The molecule has 0 amide bonds. The smallest absolute Gasteiger partial charge is 0.0753 e. The van der Waals surface area contributed by atoms with Crippen LogP contribution in [0.4, 0.5) is 0 Å². The first-order chi connectivity index (χ1) is 10.1. The standard InChI is InChI=1S/C18H28N2O/c1-18(2)14-20(11-12-21-18)13-16-6-4-3-5-15(16)9-10-19-17-7-8-17/h3-6,17,19H,7-14H2,1-2H3. The molecule has 1 aromatic carbocycles. The molecule has 3 rings (SSSR count). The van der Waals surface area contributed by atoms with Crippen LogP contribution in [0.2, 0.25) is 0 Å². The third-order valence-electron chi connectivity index (χ3n) is 4.42. The summed E-state index contributed by atoms with van der Waals surface area (Å²) in [5, 5.41) is 3.62. The van der Waals surface area contributed by atoms with Gasteiger partial charge in [-0.1, -0.05) is 24.3 Å². The summed E-state index contributed by atoms with van der Waals surface area (Å²) >= 11 is 0. The Morgan fingerprint density at radius 2 is 2.00 bits per heavy atom. The van der Waals surface area contributed by atoms with Gasteiger partial charge in [-0.05, 0) is 50.8 Å². The van der Waals surface area contributed by atoms with Crippen LogP contribution in [0, 0.1) is 0 Å². The van der Waals surface area contributed by atoms with E-state index in [0.717, 1.165) is 45.2 Å². The highest BCUT2D eigenvalue weighted by Crippen LogP contribution is 2.21. The number of benzene rings is 1. The molecule has 1 N–H and O–H groups in total. The van der Waals surface area contributed by atoms with Crippen molar-refractivity contribution in [1.82, 2.24) is 10.2 Å². The molecule has 0 aromatic heterocycles. The van der Waals surface area contributed by atoms with Crippen molar-refractivity contribution >= 4 is 0 Å². The van der Waals surface area contributed by atoms with Crippen LogP contribution in [0.3, 0.4) is 0 Å². The van der Waals surface area contributed by atoms with E-state index in [4.69, 9.17) is 4.74 Å². The predicted molar refractivity (Wildman–Crippen MR) is 86.5 cm³/mol. The molecule has 116 valence electrons. The van der Waals surface area contributed by atoms with Crippen LogP contribution in [0.15, 0.2) is 24.3 Å². The van der Waals surface area contributed by atoms with Gasteiger partial charge in [0.15, 0.2) is 0 Å². The number of hydrogen-bond acceptors (Lipinski definition) is 3. The molecule has 1 aliphatic heterocycles. The van der Waals surface area contributed by atoms with Crippen molar-refractivity contribution in [3.05, 3.63) is 35.4 Å². The largest absolute Gasteiger partial charge is 0.373 e. The Morgan fingerprint density at radius 1 is 1.24 bits per heavy atom. The fourth-order valence-corrected chi connectivity index (χ4v) is 3.14. The highest BCUT2D eigenvalue weighted by atomic mass is 16.5. The summed E-state index contributed by atoms with van der Waals surface area (Å²) in [4.78, 5) is 2.52. The molecule has 1 saturated carbocycles. The minimum atomic E-state index is -0.0132. The third-order valence-corrected chi connectivity index (χ3v) is 4.42. The number of nitrogens with zero attached hydrogens (tertiary/aromatic N) is 1. The summed E-state index contributed by atoms with van der Waals surface area (Å²) in [5.41, 5.74) is 2.96. The molecule has 0 spiro atoms. The van der Waals surface area contributed by atoms with E-state index in [1.807, 2.05) is 0 Å². The van der Waals surface area contributed by atoms with Crippen LogP contribution < -0.4 is 5.32 Å². The van der Waals surface area contributed by atoms with Gasteiger partial charge in [0.1, 0.15) is 0 Å². The second-order valence-electron chi connectivity index (χ2n) is 7.07. The summed E-state index contributed by atoms with van der Waals surface area (Å²) in [6, 6.07) is 9.71. The average molecular weight is 288 g/mol. The summed E-state index contributed by atoms with van der Waals surface area (Å²) in [5.74, 6) is 0. The highest BCUT2D eigenvalue weighted by molar-refractivity contribution is 5.27. The van der Waals surface area contributed by atoms with Crippen molar-refractivity contribution in [3.63, 3.8) is 0 Å². The van der Waals surface area contributed by atoms with E-state index >= 15 is 0 Å². The maximum Gasteiger partial charge on any atom is 0.0753 e. The van der Waals surface area contributed by atoms with Crippen LogP contribution in [0.1, 0.15) is 37.8 Å². The fraction of sp³-hybridized carbons (Fsp3) is 0.667. The van der Waals surface area contributed by atoms with Gasteiger partial charge in [0.2, 0.25) is 0 Å². The molecule has 0 atom stereocenters. The SMILES string of the molecule is CC1(C)CN(Cc2ccccc2CCNC2CC2)CCO1. The molecule has 1 aliphatic carbocycles. The molecule has 0 bridgehead atoms. The maximum atomic E-state index is 5.81. The summed E-state index contributed by atoms with van der Waals surface area (Å²) in [6.07, 6.45) is 3.87. The fourth-order valence-electron chi connectivity index (χ4n) is 3.14. The highest BCUT2D eigenvalue weighted by Gasteiger charge is 2.27. The lowest BCUT2D eigenvalue weighted by Crippen LogP contribution is -2.47. The van der Waals surface area contributed by atoms with Gasteiger partial charge in [0.05, 0.1) is 12.2 Å². The summed E-state index contributed by atoms with van der Waals surface area (Å²) in [7, 11) is 0. The van der Waals surface area contributed by atoms with Gasteiger partial charge in [-0.2, -0.15) is 0 Å². The number of ether oxygens (including phenoxy) is 1. The Hall–Kier alpha value is -0.900. The predicted octanol–water partition coefficient (Wildman–Crippen LogP) is 2.59. The number of morpholine rings is 1. The van der Waals surface area contributed by atoms with Crippen molar-refractivity contribution in [3.8, 4) is 0 Å². The monoisotopic (exact) mass is 288 g/mol. The van der Waals surface area contributed by atoms with Crippen molar-refractivity contribution in [1.29, 1.82) is 0 Å². The molecule has 2 fully saturated rings. The molecule has 1 aromatic rings. The normalized spacial score (nSPS) is 22.4. The van der Waals surface area contributed by atoms with Crippen molar-refractivity contribution in [2.24, 2.45) is 0 Å². The minimum Gasteiger partial charge on any atom is -0.373 e. The van der Waals surface area contributed by atoms with Crippen LogP contribution in [-0.4, -0.2) is 42.8 Å². The lowest BCUT2D eigenvalue weighted by Gasteiger charge is -2.38. The third kappa shape index (κ3) is 4.53. The number of hydrogen-bond donors (Lipinski definition) is 1. The zero-order valence-corrected chi connectivity index (χ0v) is 13.4. The Labute approximate surface area is 128 Å². The first-order valence-corrected chi connectivity index (χ1v) is 8.29. The molecular formula is C18H28N2O. The molecule has 0 unspecified atom stereocenters. The average Bonchev–Trinajstić information content (AvgIpc) is 3.24. The molecule has 1 heterocycles. The van der Waals surface area contributed by atoms with Crippen molar-refractivity contribution in [2.75, 3.05) is 26.2 Å². The van der Waals surface area contributed by atoms with Crippen molar-refractivity contribution in [2.45, 2.75) is 51.3 Å². The van der Waals surface area contributed by atoms with E-state index in [2.05, 4.69) is 48.3 Å². The van der Waals surface area contributed by atoms with Crippen LogP contribution in [-0.2, 0) is 17.7 Å². The van der Waals surface area contributed by atoms with Crippen molar-refractivity contribution < 1.29 is 4.74 Å². The van der Waals surface area contributed by atoms with E-state index in [-0.39, 0.29) is 5.60 Å². The van der Waals surface area contributed by atoms with Gasteiger partial charge >= 0.3 is 0 Å². The molecule has 3 nitrogen and oxygen atoms in total. The van der Waals surface area contributed by atoms with E-state index in [1.165, 1.54) is 24.0 Å².